The molecule has 0 unspecified atom stereocenters. The third kappa shape index (κ3) is 13.8. The largest absolute Gasteiger partial charge is 0.484 e. The highest BCUT2D eigenvalue weighted by Crippen LogP contribution is 2.29. The van der Waals surface area contributed by atoms with Gasteiger partial charge in [0.1, 0.15) is 5.76 Å². The van der Waals surface area contributed by atoms with Crippen LogP contribution in [0.2, 0.25) is 0 Å². The Labute approximate surface area is 200 Å². The molecule has 0 radical (unpaired) electrons. The quantitative estimate of drug-likeness (QED) is 0.279. The number of thioether (sulfide) groups is 1. The second-order valence-corrected chi connectivity index (χ2v) is 8.58. The van der Waals surface area contributed by atoms with E-state index in [0.717, 1.165) is 46.8 Å². The van der Waals surface area contributed by atoms with Gasteiger partial charge >= 0.3 is 6.18 Å². The number of benzene rings is 1. The van der Waals surface area contributed by atoms with Gasteiger partial charge in [0.25, 0.3) is 0 Å². The Morgan fingerprint density at radius 3 is 2.24 bits per heavy atom. The molecule has 0 bridgehead atoms. The average Bonchev–Trinajstić information content (AvgIpc) is 2.94. The summed E-state index contributed by atoms with van der Waals surface area (Å²) in [6, 6.07) is 6.36. The molecule has 0 spiro atoms. The van der Waals surface area contributed by atoms with Gasteiger partial charge in [-0.25, -0.2) is 0 Å². The van der Waals surface area contributed by atoms with Crippen LogP contribution in [-0.4, -0.2) is 31.4 Å². The van der Waals surface area contributed by atoms with Crippen molar-refractivity contribution >= 4 is 18.0 Å². The fourth-order valence-corrected chi connectivity index (χ4v) is 3.33. The molecule has 0 saturated carbocycles. The minimum Gasteiger partial charge on any atom is -0.484 e. The SMILES string of the molecule is C=C(COC)CSC1=CC=C(OC(C)(C)C=O)CC(C)=C1.CC.FC(F)(F)c1ccccc1. The Hall–Kier alpha value is -2.25. The summed E-state index contributed by atoms with van der Waals surface area (Å²) < 4.78 is 46.2. The lowest BCUT2D eigenvalue weighted by Crippen LogP contribution is -2.25. The molecule has 0 N–H and O–H groups in total. The molecular formula is C26H35F3O3S. The Kier molecular flexibility index (Phi) is 14.5. The zero-order valence-electron chi connectivity index (χ0n) is 20.3. The summed E-state index contributed by atoms with van der Waals surface area (Å²) >= 11 is 1.72. The van der Waals surface area contributed by atoms with Crippen molar-refractivity contribution in [2.75, 3.05) is 19.5 Å². The van der Waals surface area contributed by atoms with Crippen molar-refractivity contribution in [2.45, 2.75) is 52.8 Å². The number of halogens is 3. The summed E-state index contributed by atoms with van der Waals surface area (Å²) in [5.41, 5.74) is 0.873. The third-order valence-electron chi connectivity index (χ3n) is 3.85. The average molecular weight is 485 g/mol. The second-order valence-electron chi connectivity index (χ2n) is 7.53. The first-order valence-electron chi connectivity index (χ1n) is 10.6. The van der Waals surface area contributed by atoms with Gasteiger partial charge in [0.05, 0.1) is 12.2 Å². The van der Waals surface area contributed by atoms with Crippen molar-refractivity contribution in [1.82, 2.24) is 0 Å². The van der Waals surface area contributed by atoms with Gasteiger partial charge in [-0.15, -0.1) is 11.8 Å². The molecule has 1 aromatic rings. The van der Waals surface area contributed by atoms with Crippen molar-refractivity contribution in [2.24, 2.45) is 0 Å². The van der Waals surface area contributed by atoms with E-state index in [1.54, 1.807) is 38.8 Å². The predicted molar refractivity (Wildman–Crippen MR) is 132 cm³/mol. The molecule has 0 heterocycles. The van der Waals surface area contributed by atoms with Gasteiger partial charge in [0, 0.05) is 24.2 Å². The Balaban J connectivity index is 0.000000709. The first-order chi connectivity index (χ1) is 15.5. The lowest BCUT2D eigenvalue weighted by atomic mass is 10.1. The minimum atomic E-state index is -4.21. The van der Waals surface area contributed by atoms with E-state index >= 15 is 0 Å². The number of ether oxygens (including phenoxy) is 2. The van der Waals surface area contributed by atoms with Crippen LogP contribution in [0.3, 0.4) is 0 Å². The van der Waals surface area contributed by atoms with E-state index in [-0.39, 0.29) is 0 Å². The molecule has 184 valence electrons. The molecule has 1 aliphatic rings. The topological polar surface area (TPSA) is 35.5 Å². The number of hydrogen-bond acceptors (Lipinski definition) is 4. The molecule has 7 heteroatoms. The minimum absolute atomic E-state index is 0.584. The molecule has 3 nitrogen and oxygen atoms in total. The maximum absolute atomic E-state index is 11.8. The van der Waals surface area contributed by atoms with Gasteiger partial charge in [0.15, 0.2) is 11.9 Å². The van der Waals surface area contributed by atoms with Crippen molar-refractivity contribution in [3.05, 3.63) is 82.5 Å². The highest BCUT2D eigenvalue weighted by atomic mass is 32.2. The summed E-state index contributed by atoms with van der Waals surface area (Å²) in [4.78, 5) is 12.1. The molecule has 33 heavy (non-hydrogen) atoms. The van der Waals surface area contributed by atoms with Crippen LogP contribution in [0.1, 0.15) is 46.6 Å². The molecule has 0 aliphatic heterocycles. The predicted octanol–water partition coefficient (Wildman–Crippen LogP) is 7.77. The van der Waals surface area contributed by atoms with E-state index in [1.807, 2.05) is 26.0 Å². The van der Waals surface area contributed by atoms with E-state index in [4.69, 9.17) is 9.47 Å². The number of carbonyl (C=O) groups is 1. The number of alkyl halides is 3. The number of methoxy groups -OCH3 is 1. The van der Waals surface area contributed by atoms with Crippen molar-refractivity contribution in [3.8, 4) is 0 Å². The first-order valence-corrected chi connectivity index (χ1v) is 11.6. The molecule has 0 saturated heterocycles. The maximum Gasteiger partial charge on any atom is 0.416 e. The van der Waals surface area contributed by atoms with Crippen molar-refractivity contribution in [1.29, 1.82) is 0 Å². The summed E-state index contributed by atoms with van der Waals surface area (Å²) in [5.74, 6) is 1.64. The zero-order chi connectivity index (χ0) is 25.5. The van der Waals surface area contributed by atoms with Crippen LogP contribution in [0.4, 0.5) is 13.2 Å². The smallest absolute Gasteiger partial charge is 0.416 e. The molecule has 1 aliphatic carbocycles. The van der Waals surface area contributed by atoms with Crippen LogP contribution in [0.25, 0.3) is 0 Å². The van der Waals surface area contributed by atoms with Gasteiger partial charge in [-0.05, 0) is 44.6 Å². The number of aldehydes is 1. The van der Waals surface area contributed by atoms with Crippen molar-refractivity contribution in [3.63, 3.8) is 0 Å². The van der Waals surface area contributed by atoms with Crippen LogP contribution in [0.15, 0.2) is 76.9 Å². The highest BCUT2D eigenvalue weighted by Gasteiger charge is 2.29. The lowest BCUT2D eigenvalue weighted by Gasteiger charge is -2.21. The zero-order valence-corrected chi connectivity index (χ0v) is 21.1. The Morgan fingerprint density at radius 1 is 1.15 bits per heavy atom. The summed E-state index contributed by atoms with van der Waals surface area (Å²) in [6.45, 7) is 14.1. The monoisotopic (exact) mass is 484 g/mol. The molecule has 0 amide bonds. The first kappa shape index (κ1) is 30.8. The van der Waals surface area contributed by atoms with Crippen LogP contribution < -0.4 is 0 Å². The van der Waals surface area contributed by atoms with E-state index in [9.17, 15) is 18.0 Å². The van der Waals surface area contributed by atoms with Crippen LogP contribution in [-0.2, 0) is 20.4 Å². The standard InChI is InChI=1S/C17H24O3S.C7H5F3.C2H6/c1-13-8-15(20-17(3,4)12-18)6-7-16(9-13)21-11-14(2)10-19-5;8-7(9,10)6-4-2-1-3-5-6;1-2/h6-7,9,12H,2,8,10-11H2,1,3-5H3;1-5H;1-2H3. The molecule has 2 rings (SSSR count). The van der Waals surface area contributed by atoms with Crippen LogP contribution >= 0.6 is 11.8 Å². The normalized spacial score (nSPS) is 13.5. The van der Waals surface area contributed by atoms with Gasteiger partial charge in [-0.1, -0.05) is 56.3 Å². The molecule has 1 aromatic carbocycles. The van der Waals surface area contributed by atoms with Gasteiger partial charge in [-0.3, -0.25) is 4.79 Å². The molecule has 0 atom stereocenters. The fraction of sp³-hybridized carbons (Fsp3) is 0.423. The van der Waals surface area contributed by atoms with Gasteiger partial charge < -0.3 is 9.47 Å². The Bertz CT molecular complexity index is 823. The van der Waals surface area contributed by atoms with Gasteiger partial charge in [-0.2, -0.15) is 13.2 Å². The molecule has 0 fully saturated rings. The fourth-order valence-electron chi connectivity index (χ4n) is 2.43. The van der Waals surface area contributed by atoms with E-state index < -0.39 is 17.3 Å². The summed E-state index contributed by atoms with van der Waals surface area (Å²) in [7, 11) is 1.67. The van der Waals surface area contributed by atoms with Crippen LogP contribution in [0, 0.1) is 0 Å². The van der Waals surface area contributed by atoms with E-state index in [1.165, 1.54) is 17.7 Å². The van der Waals surface area contributed by atoms with E-state index in [2.05, 4.69) is 19.6 Å². The van der Waals surface area contributed by atoms with Gasteiger partial charge in [0.2, 0.25) is 0 Å². The summed E-state index contributed by atoms with van der Waals surface area (Å²) in [5, 5.41) is 0. The van der Waals surface area contributed by atoms with Crippen molar-refractivity contribution < 1.29 is 27.4 Å². The Morgan fingerprint density at radius 2 is 1.76 bits per heavy atom. The number of carbonyl (C=O) groups excluding carboxylic acids is 1. The second kappa shape index (κ2) is 15.6. The molecular weight excluding hydrogens is 449 g/mol. The highest BCUT2D eigenvalue weighted by molar-refractivity contribution is 8.03. The number of allylic oxidation sites excluding steroid dienone is 4. The van der Waals surface area contributed by atoms with E-state index in [0.29, 0.717) is 6.61 Å². The third-order valence-corrected chi connectivity index (χ3v) is 4.99. The maximum atomic E-state index is 11.8. The number of rotatable bonds is 8. The molecule has 0 aromatic heterocycles. The lowest BCUT2D eigenvalue weighted by molar-refractivity contribution is -0.137. The van der Waals surface area contributed by atoms with Crippen LogP contribution in [0.5, 0.6) is 0 Å². The summed E-state index contributed by atoms with van der Waals surface area (Å²) in [6.07, 6.45) is 3.45. The number of hydrogen-bond donors (Lipinski definition) is 0.